The average molecular weight is 584 g/mol. The smallest absolute Gasteiger partial charge is 0.306 e. The number of pyridine rings is 1. The van der Waals surface area contributed by atoms with Gasteiger partial charge in [0.15, 0.2) is 11.4 Å². The predicted molar refractivity (Wildman–Crippen MR) is 149 cm³/mol. The van der Waals surface area contributed by atoms with Crippen molar-refractivity contribution in [2.75, 3.05) is 6.61 Å². The summed E-state index contributed by atoms with van der Waals surface area (Å²) < 4.78 is 59.9. The van der Waals surface area contributed by atoms with Crippen molar-refractivity contribution in [2.24, 2.45) is 0 Å². The van der Waals surface area contributed by atoms with Crippen LogP contribution in [0.5, 0.6) is 11.5 Å². The number of hydrogen-bond donors (Lipinski definition) is 1. The highest BCUT2D eigenvalue weighted by atomic mass is 19.1. The molecule has 8 nitrogen and oxygen atoms in total. The molecule has 2 aromatic carbocycles. The van der Waals surface area contributed by atoms with Crippen LogP contribution in [0.1, 0.15) is 55.4 Å². The van der Waals surface area contributed by atoms with Gasteiger partial charge >= 0.3 is 5.97 Å². The highest BCUT2D eigenvalue weighted by molar-refractivity contribution is 5.95. The van der Waals surface area contributed by atoms with E-state index in [2.05, 4.69) is 10.3 Å². The summed E-state index contributed by atoms with van der Waals surface area (Å²) in [6.07, 6.45) is 1.84. The Hall–Kier alpha value is -4.54. The normalized spacial score (nSPS) is 12.2. The second-order valence-electron chi connectivity index (χ2n) is 10.7. The lowest BCUT2D eigenvalue weighted by atomic mass is 10.1. The van der Waals surface area contributed by atoms with Crippen LogP contribution in [0.2, 0.25) is 0 Å². The highest BCUT2D eigenvalue weighted by Gasteiger charge is 2.24. The van der Waals surface area contributed by atoms with Crippen LogP contribution < -0.4 is 14.8 Å². The third-order valence-corrected chi connectivity index (χ3v) is 6.15. The van der Waals surface area contributed by atoms with Crippen LogP contribution in [0.25, 0.3) is 5.65 Å². The summed E-state index contributed by atoms with van der Waals surface area (Å²) in [5.41, 5.74) is -0.0200. The number of nitrogens with one attached hydrogen (secondary N) is 1. The number of nitrogens with zero attached hydrogens (tertiary/aromatic N) is 2. The summed E-state index contributed by atoms with van der Waals surface area (Å²) in [6, 6.07) is 11.6. The van der Waals surface area contributed by atoms with E-state index in [9.17, 15) is 22.8 Å². The van der Waals surface area contributed by atoms with E-state index in [1.165, 1.54) is 34.7 Å². The molecule has 0 fully saturated rings. The monoisotopic (exact) mass is 583 g/mol. The molecule has 0 aliphatic heterocycles. The van der Waals surface area contributed by atoms with Crippen LogP contribution in [0.3, 0.4) is 0 Å². The minimum atomic E-state index is -0.734. The molecule has 0 bridgehead atoms. The van der Waals surface area contributed by atoms with Crippen LogP contribution in [0.4, 0.5) is 13.2 Å². The summed E-state index contributed by atoms with van der Waals surface area (Å²) in [7, 11) is 0. The predicted octanol–water partition coefficient (Wildman–Crippen LogP) is 5.94. The maximum absolute atomic E-state index is 14.1. The first-order valence-corrected chi connectivity index (χ1v) is 13.4. The van der Waals surface area contributed by atoms with Crippen molar-refractivity contribution >= 4 is 17.5 Å². The number of halogens is 3. The molecule has 0 saturated heterocycles. The molecule has 0 aliphatic carbocycles. The van der Waals surface area contributed by atoms with E-state index in [4.69, 9.17) is 14.2 Å². The zero-order valence-corrected chi connectivity index (χ0v) is 23.7. The summed E-state index contributed by atoms with van der Waals surface area (Å²) in [5.74, 6) is -2.18. The number of carbonyl (C=O) groups excluding carboxylic acids is 2. The third kappa shape index (κ3) is 7.80. The van der Waals surface area contributed by atoms with E-state index in [0.29, 0.717) is 11.4 Å². The number of aromatic nitrogens is 2. The fraction of sp³-hybridized carbons (Fsp3) is 0.323. The Bertz CT molecular complexity index is 1540. The first kappa shape index (κ1) is 30.4. The number of benzene rings is 2. The second-order valence-corrected chi connectivity index (χ2v) is 10.7. The molecule has 2 heterocycles. The van der Waals surface area contributed by atoms with Gasteiger partial charge in [0.1, 0.15) is 47.7 Å². The highest BCUT2D eigenvalue weighted by Crippen LogP contribution is 2.24. The van der Waals surface area contributed by atoms with Gasteiger partial charge in [-0.15, -0.1) is 0 Å². The van der Waals surface area contributed by atoms with Crippen molar-refractivity contribution in [3.05, 3.63) is 95.2 Å². The Morgan fingerprint density at radius 1 is 0.976 bits per heavy atom. The average Bonchev–Trinajstić information content (AvgIpc) is 3.26. The Labute approximate surface area is 241 Å². The number of esters is 1. The molecule has 1 N–H and O–H groups in total. The molecule has 0 aliphatic rings. The molecular weight excluding hydrogens is 551 g/mol. The SMILES string of the molecule is Cc1nc2c(OCc3c(F)cccc3F)cccn2c1C(=O)NC(CCC(=O)OC(C)(C)C)COc1ccc(F)cc1. The molecule has 42 heavy (non-hydrogen) atoms. The maximum atomic E-state index is 14.1. The third-order valence-electron chi connectivity index (χ3n) is 6.15. The van der Waals surface area contributed by atoms with Crippen LogP contribution >= 0.6 is 0 Å². The van der Waals surface area contributed by atoms with E-state index in [0.717, 1.165) is 12.1 Å². The molecular formula is C31H32F3N3O5. The van der Waals surface area contributed by atoms with E-state index in [-0.39, 0.29) is 48.7 Å². The minimum absolute atomic E-state index is 0.00147. The lowest BCUT2D eigenvalue weighted by molar-refractivity contribution is -0.155. The van der Waals surface area contributed by atoms with Gasteiger partial charge in [-0.2, -0.15) is 0 Å². The fourth-order valence-electron chi connectivity index (χ4n) is 4.23. The van der Waals surface area contributed by atoms with Gasteiger partial charge < -0.3 is 19.5 Å². The molecule has 11 heteroatoms. The molecule has 4 rings (SSSR count). The molecule has 4 aromatic rings. The van der Waals surface area contributed by atoms with Gasteiger partial charge in [0.25, 0.3) is 5.91 Å². The Kier molecular flexibility index (Phi) is 9.39. The van der Waals surface area contributed by atoms with Gasteiger partial charge in [-0.3, -0.25) is 14.0 Å². The minimum Gasteiger partial charge on any atom is -0.491 e. The largest absolute Gasteiger partial charge is 0.491 e. The number of carbonyl (C=O) groups is 2. The lowest BCUT2D eigenvalue weighted by Gasteiger charge is -2.22. The van der Waals surface area contributed by atoms with Gasteiger partial charge in [-0.05, 0) is 82.6 Å². The van der Waals surface area contributed by atoms with Crippen LogP contribution in [0.15, 0.2) is 60.8 Å². The number of ether oxygens (including phenoxy) is 3. The number of imidazole rings is 1. The summed E-state index contributed by atoms with van der Waals surface area (Å²) in [5, 5.41) is 2.90. The van der Waals surface area contributed by atoms with Gasteiger partial charge in [-0.25, -0.2) is 18.2 Å². The zero-order chi connectivity index (χ0) is 30.4. The summed E-state index contributed by atoms with van der Waals surface area (Å²) in [6.45, 7) is 6.56. The molecule has 1 atom stereocenters. The lowest BCUT2D eigenvalue weighted by Crippen LogP contribution is -2.40. The van der Waals surface area contributed by atoms with Crippen molar-refractivity contribution in [1.82, 2.24) is 14.7 Å². The zero-order valence-electron chi connectivity index (χ0n) is 23.7. The van der Waals surface area contributed by atoms with Crippen molar-refractivity contribution in [2.45, 2.75) is 58.8 Å². The molecule has 0 spiro atoms. The summed E-state index contributed by atoms with van der Waals surface area (Å²) >= 11 is 0. The number of hydrogen-bond acceptors (Lipinski definition) is 6. The maximum Gasteiger partial charge on any atom is 0.306 e. The van der Waals surface area contributed by atoms with Crippen molar-refractivity contribution < 1.29 is 37.0 Å². The van der Waals surface area contributed by atoms with E-state index in [1.54, 1.807) is 46.0 Å². The van der Waals surface area contributed by atoms with Crippen LogP contribution in [0, 0.1) is 24.4 Å². The van der Waals surface area contributed by atoms with Gasteiger partial charge in [0.2, 0.25) is 0 Å². The molecule has 222 valence electrons. The fourth-order valence-corrected chi connectivity index (χ4v) is 4.23. The number of aryl methyl sites for hydroxylation is 1. The molecule has 0 saturated carbocycles. The van der Waals surface area contributed by atoms with Gasteiger partial charge in [-0.1, -0.05) is 6.07 Å². The second kappa shape index (κ2) is 13.0. The first-order valence-electron chi connectivity index (χ1n) is 13.4. The van der Waals surface area contributed by atoms with Gasteiger partial charge in [0.05, 0.1) is 17.3 Å². The Balaban J connectivity index is 1.52. The van der Waals surface area contributed by atoms with Crippen molar-refractivity contribution in [1.29, 1.82) is 0 Å². The van der Waals surface area contributed by atoms with Gasteiger partial charge in [0, 0.05) is 12.6 Å². The van der Waals surface area contributed by atoms with E-state index >= 15 is 0 Å². The number of fused-ring (bicyclic) bond motifs is 1. The van der Waals surface area contributed by atoms with Crippen molar-refractivity contribution in [3.63, 3.8) is 0 Å². The number of amides is 1. The standard InChI is InChI=1S/C31H32F3N3O5/c1-19-28(37-16-6-9-26(29(37)35-19)41-18-23-24(33)7-5-8-25(23)34)30(39)36-21(12-15-27(38)42-31(2,3)4)17-40-22-13-10-20(32)11-14-22/h5-11,13-14,16,21H,12,15,17-18H2,1-4H3,(H,36,39). The molecule has 0 radical (unpaired) electrons. The molecule has 1 unspecified atom stereocenters. The van der Waals surface area contributed by atoms with E-state index < -0.39 is 41.0 Å². The van der Waals surface area contributed by atoms with Crippen molar-refractivity contribution in [3.8, 4) is 11.5 Å². The Morgan fingerprint density at radius 2 is 1.67 bits per heavy atom. The van der Waals surface area contributed by atoms with Crippen LogP contribution in [-0.4, -0.2) is 39.5 Å². The van der Waals surface area contributed by atoms with Crippen LogP contribution in [-0.2, 0) is 16.1 Å². The summed E-state index contributed by atoms with van der Waals surface area (Å²) in [4.78, 5) is 30.4. The first-order chi connectivity index (χ1) is 19.9. The Morgan fingerprint density at radius 3 is 2.33 bits per heavy atom. The van der Waals surface area contributed by atoms with E-state index in [1.807, 2.05) is 0 Å². The molecule has 2 aromatic heterocycles. The molecule has 1 amide bonds. The number of rotatable bonds is 11. The quantitative estimate of drug-likeness (QED) is 0.220. The topological polar surface area (TPSA) is 91.2 Å².